The lowest BCUT2D eigenvalue weighted by Crippen LogP contribution is -2.37. The number of aromatic amines is 1. The van der Waals surface area contributed by atoms with E-state index < -0.39 is 25.8 Å². The number of sulfonamides is 2. The number of nitrogens with one attached hydrogen (secondary N) is 1. The maximum atomic E-state index is 13.2. The number of hydrogen-bond acceptors (Lipinski definition) is 7. The van der Waals surface area contributed by atoms with Gasteiger partial charge in [-0.1, -0.05) is 0 Å². The number of benzene rings is 1. The summed E-state index contributed by atoms with van der Waals surface area (Å²) in [5, 5.41) is 4.19. The number of rotatable bonds is 4. The third-order valence-corrected chi connectivity index (χ3v) is 9.53. The molecule has 4 rings (SSSR count). The summed E-state index contributed by atoms with van der Waals surface area (Å²) in [5.41, 5.74) is 1.50. The van der Waals surface area contributed by atoms with Gasteiger partial charge in [-0.3, -0.25) is 9.67 Å². The average Bonchev–Trinajstić information content (AvgIpc) is 3.05. The number of oxazole rings is 1. The maximum absolute atomic E-state index is 13.2. The standard InChI is InChI=1S/C18H23N5O6S2/c1-12-17(13(2)21(3)20-12)31(27,28)23-8-4-7-22(9-10-23)30(25,26)14-5-6-16-15(11-14)19-18(24)29-16/h5-6,11H,4,7-10H2,1-3H3,(H,19,24). The average molecular weight is 470 g/mol. The van der Waals surface area contributed by atoms with Crippen LogP contribution in [0.25, 0.3) is 11.1 Å². The van der Waals surface area contributed by atoms with Gasteiger partial charge in [-0.25, -0.2) is 21.6 Å². The first-order chi connectivity index (χ1) is 14.5. The number of fused-ring (bicyclic) bond motifs is 1. The molecule has 0 unspecified atom stereocenters. The topological polar surface area (TPSA) is 139 Å². The molecule has 0 saturated carbocycles. The number of aryl methyl sites for hydroxylation is 2. The number of nitrogens with zero attached hydrogens (tertiary/aromatic N) is 4. The second-order valence-electron chi connectivity index (χ2n) is 7.46. The molecule has 0 aliphatic carbocycles. The summed E-state index contributed by atoms with van der Waals surface area (Å²) in [6, 6.07) is 4.14. The van der Waals surface area contributed by atoms with E-state index in [2.05, 4.69) is 10.1 Å². The fourth-order valence-corrected chi connectivity index (χ4v) is 7.21. The van der Waals surface area contributed by atoms with E-state index in [1.807, 2.05) is 0 Å². The molecule has 1 fully saturated rings. The third-order valence-electron chi connectivity index (χ3n) is 5.48. The van der Waals surface area contributed by atoms with Gasteiger partial charge in [-0.05, 0) is 38.5 Å². The minimum absolute atomic E-state index is 0.00676. The van der Waals surface area contributed by atoms with Crippen molar-refractivity contribution >= 4 is 31.1 Å². The van der Waals surface area contributed by atoms with Crippen LogP contribution in [0, 0.1) is 13.8 Å². The molecule has 0 bridgehead atoms. The molecule has 1 aromatic carbocycles. The van der Waals surface area contributed by atoms with Crippen LogP contribution in [-0.2, 0) is 27.1 Å². The monoisotopic (exact) mass is 469 g/mol. The minimum Gasteiger partial charge on any atom is -0.408 e. The molecule has 2 aromatic heterocycles. The molecule has 1 N–H and O–H groups in total. The number of hydrogen-bond donors (Lipinski definition) is 1. The van der Waals surface area contributed by atoms with Crippen molar-refractivity contribution in [3.63, 3.8) is 0 Å². The van der Waals surface area contributed by atoms with Gasteiger partial charge in [0.2, 0.25) is 20.0 Å². The van der Waals surface area contributed by atoms with Crippen LogP contribution in [0.5, 0.6) is 0 Å². The maximum Gasteiger partial charge on any atom is 0.417 e. The van der Waals surface area contributed by atoms with E-state index in [9.17, 15) is 21.6 Å². The predicted molar refractivity (Wildman–Crippen MR) is 112 cm³/mol. The molecule has 0 atom stereocenters. The van der Waals surface area contributed by atoms with Gasteiger partial charge >= 0.3 is 5.76 Å². The third kappa shape index (κ3) is 3.71. The summed E-state index contributed by atoms with van der Waals surface area (Å²) in [4.78, 5) is 14.0. The van der Waals surface area contributed by atoms with Crippen LogP contribution in [0.4, 0.5) is 0 Å². The normalized spacial score (nSPS) is 17.3. The summed E-state index contributed by atoms with van der Waals surface area (Å²) in [7, 11) is -6.01. The number of H-pyrrole nitrogens is 1. The lowest BCUT2D eigenvalue weighted by atomic mass is 10.3. The van der Waals surface area contributed by atoms with Crippen LogP contribution in [0.1, 0.15) is 17.8 Å². The Morgan fingerprint density at radius 2 is 1.65 bits per heavy atom. The van der Waals surface area contributed by atoms with Crippen molar-refractivity contribution in [2.24, 2.45) is 7.05 Å². The van der Waals surface area contributed by atoms with Gasteiger partial charge in [0.25, 0.3) is 0 Å². The van der Waals surface area contributed by atoms with Crippen LogP contribution < -0.4 is 5.76 Å². The molecular formula is C18H23N5O6S2. The van der Waals surface area contributed by atoms with Crippen molar-refractivity contribution in [3.8, 4) is 0 Å². The Morgan fingerprint density at radius 3 is 2.26 bits per heavy atom. The summed E-state index contributed by atoms with van der Waals surface area (Å²) in [6.45, 7) is 3.76. The van der Waals surface area contributed by atoms with E-state index in [1.165, 1.54) is 31.5 Å². The van der Waals surface area contributed by atoms with Crippen molar-refractivity contribution in [2.75, 3.05) is 26.2 Å². The van der Waals surface area contributed by atoms with E-state index in [0.717, 1.165) is 0 Å². The zero-order valence-corrected chi connectivity index (χ0v) is 19.0. The zero-order chi connectivity index (χ0) is 22.6. The van der Waals surface area contributed by atoms with Gasteiger partial charge in [-0.15, -0.1) is 0 Å². The van der Waals surface area contributed by atoms with Crippen molar-refractivity contribution in [2.45, 2.75) is 30.1 Å². The second kappa shape index (κ2) is 7.58. The van der Waals surface area contributed by atoms with Crippen molar-refractivity contribution in [1.29, 1.82) is 0 Å². The Hall–Kier alpha value is -2.48. The van der Waals surface area contributed by atoms with Gasteiger partial charge in [0.15, 0.2) is 5.58 Å². The largest absolute Gasteiger partial charge is 0.417 e. The van der Waals surface area contributed by atoms with Gasteiger partial charge in [0.05, 0.1) is 21.8 Å². The quantitative estimate of drug-likeness (QED) is 0.589. The lowest BCUT2D eigenvalue weighted by Gasteiger charge is -2.22. The molecule has 11 nitrogen and oxygen atoms in total. The predicted octanol–water partition coefficient (Wildman–Crippen LogP) is 0.557. The molecule has 1 saturated heterocycles. The highest BCUT2D eigenvalue weighted by atomic mass is 32.2. The Labute approximate surface area is 179 Å². The summed E-state index contributed by atoms with van der Waals surface area (Å²) in [5.74, 6) is -0.666. The van der Waals surface area contributed by atoms with E-state index in [4.69, 9.17) is 4.42 Å². The molecule has 168 valence electrons. The van der Waals surface area contributed by atoms with Crippen LogP contribution >= 0.6 is 0 Å². The Balaban J connectivity index is 1.60. The highest BCUT2D eigenvalue weighted by molar-refractivity contribution is 7.89. The van der Waals surface area contributed by atoms with Gasteiger partial charge in [-0.2, -0.15) is 13.7 Å². The first-order valence-corrected chi connectivity index (χ1v) is 12.5. The molecule has 1 aliphatic rings. The van der Waals surface area contributed by atoms with Crippen molar-refractivity contribution < 1.29 is 21.3 Å². The number of aromatic nitrogens is 3. The van der Waals surface area contributed by atoms with Gasteiger partial charge in [0, 0.05) is 33.2 Å². The van der Waals surface area contributed by atoms with E-state index in [-0.39, 0.29) is 47.1 Å². The molecule has 0 spiro atoms. The van der Waals surface area contributed by atoms with E-state index in [0.29, 0.717) is 17.8 Å². The summed E-state index contributed by atoms with van der Waals surface area (Å²) >= 11 is 0. The summed E-state index contributed by atoms with van der Waals surface area (Å²) in [6.07, 6.45) is 0.349. The highest BCUT2D eigenvalue weighted by Crippen LogP contribution is 2.26. The van der Waals surface area contributed by atoms with Gasteiger partial charge in [0.1, 0.15) is 4.90 Å². The van der Waals surface area contributed by atoms with Crippen LogP contribution in [-0.4, -0.2) is 66.4 Å². The molecule has 1 aliphatic heterocycles. The fourth-order valence-electron chi connectivity index (χ4n) is 3.85. The Morgan fingerprint density at radius 1 is 1.00 bits per heavy atom. The van der Waals surface area contributed by atoms with E-state index >= 15 is 0 Å². The highest BCUT2D eigenvalue weighted by Gasteiger charge is 2.34. The van der Waals surface area contributed by atoms with Crippen LogP contribution in [0.3, 0.4) is 0 Å². The Kier molecular flexibility index (Phi) is 5.32. The first kappa shape index (κ1) is 21.7. The summed E-state index contributed by atoms with van der Waals surface area (Å²) < 4.78 is 61.8. The van der Waals surface area contributed by atoms with Crippen LogP contribution in [0.2, 0.25) is 0 Å². The minimum atomic E-state index is -3.88. The molecular weight excluding hydrogens is 446 g/mol. The van der Waals surface area contributed by atoms with Crippen molar-refractivity contribution in [3.05, 3.63) is 40.1 Å². The zero-order valence-electron chi connectivity index (χ0n) is 17.3. The molecule has 3 heterocycles. The molecule has 31 heavy (non-hydrogen) atoms. The van der Waals surface area contributed by atoms with E-state index in [1.54, 1.807) is 20.9 Å². The molecule has 3 aromatic rings. The first-order valence-electron chi connectivity index (χ1n) is 9.65. The molecule has 0 amide bonds. The SMILES string of the molecule is Cc1nn(C)c(C)c1S(=O)(=O)N1CCCN(S(=O)(=O)c2ccc3oc(=O)[nH]c3c2)CC1. The fraction of sp³-hybridized carbons (Fsp3) is 0.444. The van der Waals surface area contributed by atoms with Gasteiger partial charge < -0.3 is 4.42 Å². The van der Waals surface area contributed by atoms with Crippen LogP contribution in [0.15, 0.2) is 37.2 Å². The van der Waals surface area contributed by atoms with Crippen molar-refractivity contribution in [1.82, 2.24) is 23.4 Å². The Bertz CT molecular complexity index is 1420. The smallest absolute Gasteiger partial charge is 0.408 e. The molecule has 0 radical (unpaired) electrons. The second-order valence-corrected chi connectivity index (χ2v) is 11.3. The molecule has 13 heteroatoms. The lowest BCUT2D eigenvalue weighted by molar-refractivity contribution is 0.404.